The van der Waals surface area contributed by atoms with Crippen LogP contribution in [0.2, 0.25) is 0 Å². The van der Waals surface area contributed by atoms with Crippen molar-refractivity contribution in [3.63, 3.8) is 0 Å². The summed E-state index contributed by atoms with van der Waals surface area (Å²) in [7, 11) is 0. The van der Waals surface area contributed by atoms with E-state index < -0.39 is 17.3 Å². The van der Waals surface area contributed by atoms with Gasteiger partial charge in [0.05, 0.1) is 12.2 Å². The van der Waals surface area contributed by atoms with E-state index in [0.29, 0.717) is 35.3 Å². The number of ether oxygens (including phenoxy) is 1. The van der Waals surface area contributed by atoms with Crippen LogP contribution in [0.4, 0.5) is 24.8 Å². The summed E-state index contributed by atoms with van der Waals surface area (Å²) in [6, 6.07) is 6.04. The highest BCUT2D eigenvalue weighted by atomic mass is 19.4. The number of carbonyl (C=O) groups excluding carboxylic acids is 1. The van der Waals surface area contributed by atoms with Crippen LogP contribution in [0.1, 0.15) is 67.1 Å². The third-order valence-corrected chi connectivity index (χ3v) is 7.20. The van der Waals surface area contributed by atoms with Crippen molar-refractivity contribution >= 4 is 17.6 Å². The van der Waals surface area contributed by atoms with Crippen LogP contribution in [0, 0.1) is 20.8 Å². The van der Waals surface area contributed by atoms with Crippen LogP contribution in [0.3, 0.4) is 0 Å². The number of esters is 1. The maximum atomic E-state index is 13.5. The van der Waals surface area contributed by atoms with Crippen molar-refractivity contribution in [3.8, 4) is 11.1 Å². The molecule has 10 heteroatoms. The number of nitrogens with one attached hydrogen (secondary N) is 2. The normalized spacial score (nSPS) is 15.2. The van der Waals surface area contributed by atoms with E-state index in [4.69, 9.17) is 4.74 Å². The van der Waals surface area contributed by atoms with Crippen molar-refractivity contribution < 1.29 is 22.7 Å². The van der Waals surface area contributed by atoms with Crippen LogP contribution in [0.25, 0.3) is 11.1 Å². The van der Waals surface area contributed by atoms with Crippen molar-refractivity contribution in [2.24, 2.45) is 0 Å². The number of alkyl halides is 3. The number of rotatable bonds is 6. The molecule has 0 atom stereocenters. The fraction of sp³-hybridized carbons (Fsp3) is 0.429. The number of hydrogen-bond donors (Lipinski definition) is 2. The first-order valence-corrected chi connectivity index (χ1v) is 12.7. The predicted molar refractivity (Wildman–Crippen MR) is 138 cm³/mol. The molecule has 0 spiro atoms. The van der Waals surface area contributed by atoms with E-state index in [-0.39, 0.29) is 24.1 Å². The number of aromatic nitrogens is 3. The topological polar surface area (TPSA) is 97.0 Å². The highest BCUT2D eigenvalue weighted by Gasteiger charge is 2.45. The zero-order valence-electron chi connectivity index (χ0n) is 21.9. The van der Waals surface area contributed by atoms with Gasteiger partial charge in [-0.05, 0) is 81.0 Å². The first-order chi connectivity index (χ1) is 18.0. The van der Waals surface area contributed by atoms with Gasteiger partial charge in [-0.15, -0.1) is 0 Å². The van der Waals surface area contributed by atoms with E-state index in [9.17, 15) is 22.8 Å². The van der Waals surface area contributed by atoms with Crippen molar-refractivity contribution in [2.45, 2.75) is 71.4 Å². The number of nitrogens with zero attached hydrogens (tertiary/aromatic N) is 2. The lowest BCUT2D eigenvalue weighted by Gasteiger charge is -2.36. The van der Waals surface area contributed by atoms with Gasteiger partial charge in [0.1, 0.15) is 11.1 Å². The van der Waals surface area contributed by atoms with Crippen LogP contribution in [-0.4, -0.2) is 27.5 Å². The van der Waals surface area contributed by atoms with E-state index in [2.05, 4.69) is 20.3 Å². The Bertz CT molecular complexity index is 1410. The molecule has 0 aliphatic heterocycles. The largest absolute Gasteiger partial charge is 0.465 e. The van der Waals surface area contributed by atoms with Gasteiger partial charge in [-0.1, -0.05) is 25.3 Å². The smallest absolute Gasteiger partial charge is 0.433 e. The average Bonchev–Trinajstić information content (AvgIpc) is 2.86. The van der Waals surface area contributed by atoms with E-state index in [1.165, 1.54) is 0 Å². The number of benzene rings is 1. The maximum absolute atomic E-state index is 13.5. The molecule has 202 valence electrons. The van der Waals surface area contributed by atoms with Gasteiger partial charge in [0.2, 0.25) is 5.95 Å². The van der Waals surface area contributed by atoms with E-state index in [0.717, 1.165) is 48.2 Å². The maximum Gasteiger partial charge on any atom is 0.433 e. The van der Waals surface area contributed by atoms with Gasteiger partial charge in [-0.2, -0.15) is 13.2 Å². The molecule has 1 aliphatic rings. The second-order valence-corrected chi connectivity index (χ2v) is 9.79. The lowest BCUT2D eigenvalue weighted by Crippen LogP contribution is -2.42. The summed E-state index contributed by atoms with van der Waals surface area (Å²) in [4.78, 5) is 37.2. The molecule has 2 N–H and O–H groups in total. The third-order valence-electron chi connectivity index (χ3n) is 7.20. The Morgan fingerprint density at radius 3 is 2.47 bits per heavy atom. The van der Waals surface area contributed by atoms with Crippen molar-refractivity contribution in [1.82, 2.24) is 15.0 Å². The second-order valence-electron chi connectivity index (χ2n) is 9.79. The first-order valence-electron chi connectivity index (χ1n) is 12.7. The molecule has 1 fully saturated rings. The van der Waals surface area contributed by atoms with Crippen molar-refractivity contribution in [3.05, 3.63) is 68.9 Å². The summed E-state index contributed by atoms with van der Waals surface area (Å²) >= 11 is 0. The number of aryl methyl sites for hydroxylation is 1. The third kappa shape index (κ3) is 5.30. The molecule has 1 aliphatic carbocycles. The molecule has 0 amide bonds. The summed E-state index contributed by atoms with van der Waals surface area (Å²) in [6.07, 6.45) is 0.414. The van der Waals surface area contributed by atoms with Crippen molar-refractivity contribution in [2.75, 3.05) is 11.9 Å². The Morgan fingerprint density at radius 1 is 1.11 bits per heavy atom. The zero-order chi connectivity index (χ0) is 27.7. The molecule has 0 saturated heterocycles. The Hall–Kier alpha value is -3.69. The number of anilines is 2. The molecular weight excluding hydrogens is 497 g/mol. The van der Waals surface area contributed by atoms with Gasteiger partial charge in [-0.25, -0.2) is 9.97 Å². The van der Waals surface area contributed by atoms with Crippen LogP contribution < -0.4 is 10.9 Å². The van der Waals surface area contributed by atoms with Gasteiger partial charge in [0.25, 0.3) is 5.56 Å². The van der Waals surface area contributed by atoms with E-state index in [1.54, 1.807) is 19.1 Å². The highest BCUT2D eigenvalue weighted by molar-refractivity contribution is 5.84. The standard InChI is InChI=1S/C28H31F3N4O3/c1-5-38-25(37)27(10-7-6-8-11-27)23-18(4)17(3)22(24(36)35-23)19-13-16(2)14-20(15-19)33-26-32-12-9-21(34-26)28(29,30)31/h9,12-15H,5-8,10-11H2,1-4H3,(H,35,36)(H,32,33,34). The molecular formula is C28H31F3N4O3. The molecule has 4 rings (SSSR count). The summed E-state index contributed by atoms with van der Waals surface area (Å²) in [6.45, 7) is 7.59. The SMILES string of the molecule is CCOC(=O)C1(c2[nH]c(=O)c(-c3cc(C)cc(Nc4nccc(C(F)(F)F)n4)c3)c(C)c2C)CCCCC1. The monoisotopic (exact) mass is 528 g/mol. The van der Waals surface area contributed by atoms with Gasteiger partial charge in [0, 0.05) is 17.6 Å². The Labute approximate surface area is 218 Å². The number of aromatic amines is 1. The summed E-state index contributed by atoms with van der Waals surface area (Å²) in [5.41, 5.74) is 2.09. The van der Waals surface area contributed by atoms with E-state index >= 15 is 0 Å². The first kappa shape index (κ1) is 27.3. The second kappa shape index (κ2) is 10.6. The molecule has 1 saturated carbocycles. The van der Waals surface area contributed by atoms with Crippen molar-refractivity contribution in [1.29, 1.82) is 0 Å². The van der Waals surface area contributed by atoms with Gasteiger partial charge < -0.3 is 15.0 Å². The minimum Gasteiger partial charge on any atom is -0.465 e. The van der Waals surface area contributed by atoms with Crippen LogP contribution in [0.5, 0.6) is 0 Å². The lowest BCUT2D eigenvalue weighted by molar-refractivity contribution is -0.152. The molecule has 7 nitrogen and oxygen atoms in total. The number of hydrogen-bond acceptors (Lipinski definition) is 6. The minimum absolute atomic E-state index is 0.206. The molecule has 2 aromatic heterocycles. The molecule has 0 unspecified atom stereocenters. The molecule has 0 radical (unpaired) electrons. The molecule has 1 aromatic carbocycles. The minimum atomic E-state index is -4.60. The number of H-pyrrole nitrogens is 1. The Kier molecular flexibility index (Phi) is 7.62. The fourth-order valence-electron chi connectivity index (χ4n) is 5.33. The summed E-state index contributed by atoms with van der Waals surface area (Å²) in [5, 5.41) is 2.82. The number of pyridine rings is 1. The highest BCUT2D eigenvalue weighted by Crippen LogP contribution is 2.42. The van der Waals surface area contributed by atoms with Gasteiger partial charge in [0.15, 0.2) is 0 Å². The summed E-state index contributed by atoms with van der Waals surface area (Å²) in [5.74, 6) is -0.518. The van der Waals surface area contributed by atoms with E-state index in [1.807, 2.05) is 26.8 Å². The lowest BCUT2D eigenvalue weighted by atomic mass is 9.70. The van der Waals surface area contributed by atoms with Gasteiger partial charge in [-0.3, -0.25) is 9.59 Å². The van der Waals surface area contributed by atoms with Gasteiger partial charge >= 0.3 is 12.1 Å². The van der Waals surface area contributed by atoms with Crippen LogP contribution in [-0.2, 0) is 21.1 Å². The quantitative estimate of drug-likeness (QED) is 0.365. The Balaban J connectivity index is 1.77. The predicted octanol–water partition coefficient (Wildman–Crippen LogP) is 6.28. The summed E-state index contributed by atoms with van der Waals surface area (Å²) < 4.78 is 44.7. The number of carbonyl (C=O) groups is 1. The molecule has 3 aromatic rings. The Morgan fingerprint density at radius 2 is 1.82 bits per heavy atom. The molecule has 38 heavy (non-hydrogen) atoms. The fourth-order valence-corrected chi connectivity index (χ4v) is 5.33. The molecule has 0 bridgehead atoms. The average molecular weight is 529 g/mol. The van der Waals surface area contributed by atoms with Crippen LogP contribution in [0.15, 0.2) is 35.3 Å². The van der Waals surface area contributed by atoms with Crippen LogP contribution >= 0.6 is 0 Å². The zero-order valence-corrected chi connectivity index (χ0v) is 21.9. The molecule has 2 heterocycles. The number of halogens is 3.